The molecule has 0 aliphatic heterocycles. The third kappa shape index (κ3) is 1430. The molecule has 6 N–H and O–H groups in total. The Bertz CT molecular complexity index is 31.5. The fraction of sp³-hybridized carbons (Fsp3) is 0. The summed E-state index contributed by atoms with van der Waals surface area (Å²) in [5.41, 5.74) is 0. The Morgan fingerprint density at radius 2 is 1.00 bits per heavy atom. The molecule has 48 valence electrons. The SMILES string of the molecule is O.O.O.O=[N+]([O-])[O-].[Zn+2]. The van der Waals surface area contributed by atoms with Gasteiger partial charge in [0.1, 0.15) is 0 Å². The second kappa shape index (κ2) is 29.8. The van der Waals surface area contributed by atoms with Crippen LogP contribution in [0.5, 0.6) is 0 Å². The maximum absolute atomic E-state index is 8.25. The van der Waals surface area contributed by atoms with E-state index in [-0.39, 0.29) is 35.9 Å². The van der Waals surface area contributed by atoms with Crippen LogP contribution in [0.1, 0.15) is 0 Å². The molecule has 8 heteroatoms. The van der Waals surface area contributed by atoms with Gasteiger partial charge >= 0.3 is 19.5 Å². The summed E-state index contributed by atoms with van der Waals surface area (Å²) < 4.78 is 0. The zero-order valence-corrected chi connectivity index (χ0v) is 6.85. The molecular weight excluding hydrogens is 175 g/mol. The number of rotatable bonds is 0. The molecule has 0 aromatic carbocycles. The van der Waals surface area contributed by atoms with Gasteiger partial charge in [-0.1, -0.05) is 0 Å². The summed E-state index contributed by atoms with van der Waals surface area (Å²) in [6.45, 7) is 0. The van der Waals surface area contributed by atoms with Gasteiger partial charge in [0.25, 0.3) is 0 Å². The van der Waals surface area contributed by atoms with E-state index in [1.165, 1.54) is 0 Å². The van der Waals surface area contributed by atoms with Crippen molar-refractivity contribution in [2.45, 2.75) is 0 Å². The molecule has 0 radical (unpaired) electrons. The molecule has 0 aromatic heterocycles. The zero-order chi connectivity index (χ0) is 3.58. The largest absolute Gasteiger partial charge is 2.00 e. The number of nitrogens with zero attached hydrogens (tertiary/aromatic N) is 1. The fourth-order valence-corrected chi connectivity index (χ4v) is 0. The van der Waals surface area contributed by atoms with E-state index in [2.05, 4.69) is 0 Å². The first-order chi connectivity index (χ1) is 1.73. The van der Waals surface area contributed by atoms with Crippen LogP contribution in [0.4, 0.5) is 0 Å². The second-order valence-electron chi connectivity index (χ2n) is 0.224. The molecule has 7 nitrogen and oxygen atoms in total. The number of hydrogen-bond donors (Lipinski definition) is 0. The van der Waals surface area contributed by atoms with E-state index in [9.17, 15) is 0 Å². The minimum absolute atomic E-state index is 0. The molecule has 0 atom stereocenters. The van der Waals surface area contributed by atoms with Gasteiger partial charge in [0.15, 0.2) is 0 Å². The maximum atomic E-state index is 8.25. The summed E-state index contributed by atoms with van der Waals surface area (Å²) >= 11 is 0. The maximum Gasteiger partial charge on any atom is 2.00 e. The molecule has 0 saturated carbocycles. The van der Waals surface area contributed by atoms with E-state index in [1.54, 1.807) is 0 Å². The predicted octanol–water partition coefficient (Wildman–Crippen LogP) is -2.72. The molecular formula is H6NO6Zn+. The van der Waals surface area contributed by atoms with Gasteiger partial charge in [-0.3, -0.25) is 0 Å². The Labute approximate surface area is 57.1 Å². The summed E-state index contributed by atoms with van der Waals surface area (Å²) in [6, 6.07) is 0. The molecule has 0 unspecified atom stereocenters. The van der Waals surface area contributed by atoms with Crippen molar-refractivity contribution in [2.75, 3.05) is 0 Å². The van der Waals surface area contributed by atoms with Crippen LogP contribution in [-0.4, -0.2) is 21.5 Å². The van der Waals surface area contributed by atoms with E-state index >= 15 is 0 Å². The smallest absolute Gasteiger partial charge is 0.412 e. The van der Waals surface area contributed by atoms with Gasteiger partial charge in [-0.2, -0.15) is 0 Å². The average molecular weight is 181 g/mol. The molecule has 8 heavy (non-hydrogen) atoms. The summed E-state index contributed by atoms with van der Waals surface area (Å²) in [6.07, 6.45) is 0. The van der Waals surface area contributed by atoms with E-state index in [1.807, 2.05) is 0 Å². The molecule has 0 rings (SSSR count). The first-order valence-corrected chi connectivity index (χ1v) is 0.548. The van der Waals surface area contributed by atoms with E-state index in [0.717, 1.165) is 0 Å². The number of hydrogen-bond acceptors (Lipinski definition) is 3. The Kier molecular flexibility index (Phi) is 177. The Hall–Kier alpha value is -0.297. The van der Waals surface area contributed by atoms with E-state index < -0.39 is 5.09 Å². The summed E-state index contributed by atoms with van der Waals surface area (Å²) in [7, 11) is 0. The monoisotopic (exact) mass is 180 g/mol. The van der Waals surface area contributed by atoms with Gasteiger partial charge in [-0.05, 0) is 0 Å². The quantitative estimate of drug-likeness (QED) is 0.226. The molecule has 0 aromatic rings. The van der Waals surface area contributed by atoms with Gasteiger partial charge in [-0.15, -0.1) is 0 Å². The molecule has 0 fully saturated rings. The summed E-state index contributed by atoms with van der Waals surface area (Å²) in [4.78, 5) is 8.25. The van der Waals surface area contributed by atoms with Gasteiger partial charge in [-0.25, -0.2) is 0 Å². The summed E-state index contributed by atoms with van der Waals surface area (Å²) in [5, 5.41) is 14.8. The van der Waals surface area contributed by atoms with Gasteiger partial charge in [0.05, 0.1) is 5.09 Å². The van der Waals surface area contributed by atoms with Gasteiger partial charge < -0.3 is 31.8 Å². The normalized spacial score (nSPS) is 3.00. The van der Waals surface area contributed by atoms with Crippen LogP contribution in [0.2, 0.25) is 0 Å². The van der Waals surface area contributed by atoms with Crippen molar-refractivity contribution < 1.29 is 41.0 Å². The van der Waals surface area contributed by atoms with E-state index in [0.29, 0.717) is 0 Å². The van der Waals surface area contributed by atoms with Crippen LogP contribution in [0.3, 0.4) is 0 Å². The molecule has 0 spiro atoms. The predicted molar refractivity (Wildman–Crippen MR) is 21.2 cm³/mol. The molecule has 0 heterocycles. The molecule has 0 aliphatic carbocycles. The van der Waals surface area contributed by atoms with Crippen LogP contribution < -0.4 is 0 Å². The standard InChI is InChI=1S/NO3.3H2O.Zn/c2-1(3)4;;;;/h;3*1H2;/q-1;;;;+2. The first kappa shape index (κ1) is 47.4. The average Bonchev–Trinajstić information content (AvgIpc) is 0.811. The van der Waals surface area contributed by atoms with Gasteiger partial charge in [0.2, 0.25) is 0 Å². The van der Waals surface area contributed by atoms with Crippen LogP contribution in [-0.2, 0) is 19.5 Å². The Morgan fingerprint density at radius 1 is 1.00 bits per heavy atom. The summed E-state index contributed by atoms with van der Waals surface area (Å²) in [5.74, 6) is 0. The zero-order valence-electron chi connectivity index (χ0n) is 3.88. The van der Waals surface area contributed by atoms with Crippen molar-refractivity contribution in [1.82, 2.24) is 0 Å². The topological polar surface area (TPSA) is 161 Å². The van der Waals surface area contributed by atoms with Crippen molar-refractivity contribution >= 4 is 0 Å². The first-order valence-electron chi connectivity index (χ1n) is 0.548. The van der Waals surface area contributed by atoms with Crippen molar-refractivity contribution in [2.24, 2.45) is 0 Å². The van der Waals surface area contributed by atoms with Crippen molar-refractivity contribution in [3.63, 3.8) is 0 Å². The van der Waals surface area contributed by atoms with Crippen LogP contribution in [0, 0.1) is 15.3 Å². The fourth-order valence-electron chi connectivity index (χ4n) is 0. The third-order valence-corrected chi connectivity index (χ3v) is 0. The van der Waals surface area contributed by atoms with E-state index in [4.69, 9.17) is 15.3 Å². The van der Waals surface area contributed by atoms with Crippen LogP contribution >= 0.6 is 0 Å². The van der Waals surface area contributed by atoms with Crippen molar-refractivity contribution in [3.05, 3.63) is 15.3 Å². The van der Waals surface area contributed by atoms with Crippen molar-refractivity contribution in [3.8, 4) is 0 Å². The molecule has 0 aliphatic rings. The Morgan fingerprint density at radius 3 is 1.00 bits per heavy atom. The van der Waals surface area contributed by atoms with Gasteiger partial charge in [0, 0.05) is 0 Å². The Balaban J connectivity index is -0.00000000750. The second-order valence-corrected chi connectivity index (χ2v) is 0.224. The molecule has 0 saturated heterocycles. The van der Waals surface area contributed by atoms with Crippen molar-refractivity contribution in [1.29, 1.82) is 0 Å². The third-order valence-electron chi connectivity index (χ3n) is 0. The van der Waals surface area contributed by atoms with Crippen LogP contribution in [0.15, 0.2) is 0 Å². The van der Waals surface area contributed by atoms with Crippen LogP contribution in [0.25, 0.3) is 0 Å². The minimum atomic E-state index is -1.75. The molecule has 0 bridgehead atoms. The molecule has 0 amide bonds. The minimum Gasteiger partial charge on any atom is -0.412 e.